The molecule has 0 saturated heterocycles. The summed E-state index contributed by atoms with van der Waals surface area (Å²) in [7, 11) is 0. The van der Waals surface area contributed by atoms with Crippen LogP contribution in [0.25, 0.3) is 16.6 Å². The maximum atomic E-state index is 13.2. The summed E-state index contributed by atoms with van der Waals surface area (Å²) in [5, 5.41) is 3.19. The van der Waals surface area contributed by atoms with Crippen molar-refractivity contribution in [2.24, 2.45) is 0 Å². The fraction of sp³-hybridized carbons (Fsp3) is 0.185. The lowest BCUT2D eigenvalue weighted by Gasteiger charge is -2.14. The number of hydrogen-bond donors (Lipinski definition) is 1. The van der Waals surface area contributed by atoms with Crippen LogP contribution in [0.1, 0.15) is 23.4 Å². The van der Waals surface area contributed by atoms with Crippen LogP contribution in [0.15, 0.2) is 77.6 Å². The second-order valence-electron chi connectivity index (χ2n) is 8.10. The lowest BCUT2D eigenvalue weighted by Crippen LogP contribution is -2.25. The highest BCUT2D eigenvalue weighted by atomic mass is 16.5. The Morgan fingerprint density at radius 3 is 2.26 bits per heavy atom. The first-order valence-corrected chi connectivity index (χ1v) is 11.0. The topological polar surface area (TPSA) is 90.3 Å². The summed E-state index contributed by atoms with van der Waals surface area (Å²) in [5.41, 5.74) is 3.83. The fourth-order valence-electron chi connectivity index (χ4n) is 3.57. The minimum Gasteiger partial charge on any atom is -0.456 e. The summed E-state index contributed by atoms with van der Waals surface area (Å²) in [6.07, 6.45) is 0.167. The molecular formula is C27H25N3O4. The van der Waals surface area contributed by atoms with Gasteiger partial charge >= 0.3 is 5.97 Å². The SMILES string of the molecule is Cc1ccc(NC(=O)COC(=O)CCc2nc3ccccc3c(=O)n2-c2ccc(C)cc2)cc1. The predicted molar refractivity (Wildman–Crippen MR) is 131 cm³/mol. The molecule has 34 heavy (non-hydrogen) atoms. The number of hydrogen-bond acceptors (Lipinski definition) is 5. The Labute approximate surface area is 197 Å². The Morgan fingerprint density at radius 2 is 1.56 bits per heavy atom. The van der Waals surface area contributed by atoms with E-state index in [9.17, 15) is 14.4 Å². The van der Waals surface area contributed by atoms with Crippen LogP contribution < -0.4 is 10.9 Å². The summed E-state index contributed by atoms with van der Waals surface area (Å²) in [6.45, 7) is 3.54. The number of fused-ring (bicyclic) bond motifs is 1. The minimum atomic E-state index is -0.545. The second-order valence-corrected chi connectivity index (χ2v) is 8.10. The van der Waals surface area contributed by atoms with Gasteiger partial charge in [-0.25, -0.2) is 4.98 Å². The molecule has 172 valence electrons. The van der Waals surface area contributed by atoms with Crippen LogP contribution in [0, 0.1) is 13.8 Å². The number of ether oxygens (including phenoxy) is 1. The largest absolute Gasteiger partial charge is 0.456 e. The van der Waals surface area contributed by atoms with Crippen LogP contribution in [-0.4, -0.2) is 28.0 Å². The average Bonchev–Trinajstić information content (AvgIpc) is 2.84. The molecule has 0 aliphatic heterocycles. The van der Waals surface area contributed by atoms with E-state index in [1.807, 2.05) is 56.3 Å². The van der Waals surface area contributed by atoms with E-state index in [0.29, 0.717) is 28.1 Å². The number of aryl methyl sites for hydroxylation is 3. The highest BCUT2D eigenvalue weighted by Crippen LogP contribution is 2.15. The molecule has 0 unspecified atom stereocenters. The molecule has 7 heteroatoms. The van der Waals surface area contributed by atoms with E-state index in [-0.39, 0.29) is 25.0 Å². The number of nitrogens with zero attached hydrogens (tertiary/aromatic N) is 2. The van der Waals surface area contributed by atoms with Crippen LogP contribution in [0.3, 0.4) is 0 Å². The number of nitrogens with one attached hydrogen (secondary N) is 1. The maximum absolute atomic E-state index is 13.2. The summed E-state index contributed by atoms with van der Waals surface area (Å²) < 4.78 is 6.66. The Kier molecular flexibility index (Phi) is 6.82. The average molecular weight is 456 g/mol. The number of rotatable bonds is 7. The van der Waals surface area contributed by atoms with Gasteiger partial charge in [-0.2, -0.15) is 0 Å². The molecule has 0 radical (unpaired) electrons. The molecule has 0 aliphatic carbocycles. The second kappa shape index (κ2) is 10.1. The van der Waals surface area contributed by atoms with E-state index in [1.54, 1.807) is 30.3 Å². The number of anilines is 1. The highest BCUT2D eigenvalue weighted by Gasteiger charge is 2.15. The van der Waals surface area contributed by atoms with E-state index >= 15 is 0 Å². The third kappa shape index (κ3) is 5.38. The van der Waals surface area contributed by atoms with Crippen molar-refractivity contribution in [2.45, 2.75) is 26.7 Å². The molecule has 1 amide bonds. The Balaban J connectivity index is 1.47. The lowest BCUT2D eigenvalue weighted by molar-refractivity contribution is -0.147. The van der Waals surface area contributed by atoms with Crippen molar-refractivity contribution in [3.63, 3.8) is 0 Å². The smallest absolute Gasteiger partial charge is 0.306 e. The predicted octanol–water partition coefficient (Wildman–Crippen LogP) is 4.12. The molecule has 0 atom stereocenters. The van der Waals surface area contributed by atoms with Crippen molar-refractivity contribution in [3.8, 4) is 5.69 Å². The summed E-state index contributed by atoms with van der Waals surface area (Å²) in [4.78, 5) is 42.3. The Morgan fingerprint density at radius 1 is 0.912 bits per heavy atom. The summed E-state index contributed by atoms with van der Waals surface area (Å²) in [5.74, 6) is -0.511. The first-order chi connectivity index (χ1) is 16.4. The molecule has 1 heterocycles. The number of carbonyl (C=O) groups is 2. The van der Waals surface area contributed by atoms with Crippen LogP contribution in [0.2, 0.25) is 0 Å². The zero-order valence-corrected chi connectivity index (χ0v) is 19.1. The minimum absolute atomic E-state index is 0.0194. The molecule has 0 fully saturated rings. The number of carbonyl (C=O) groups excluding carboxylic acids is 2. The van der Waals surface area contributed by atoms with Gasteiger partial charge in [0.05, 0.1) is 23.0 Å². The molecular weight excluding hydrogens is 430 g/mol. The van der Waals surface area contributed by atoms with Crippen LogP contribution in [0.5, 0.6) is 0 Å². The number of para-hydroxylation sites is 1. The normalized spacial score (nSPS) is 10.8. The van der Waals surface area contributed by atoms with Crippen LogP contribution >= 0.6 is 0 Å². The van der Waals surface area contributed by atoms with E-state index in [1.165, 1.54) is 4.57 Å². The summed E-state index contributed by atoms with van der Waals surface area (Å²) >= 11 is 0. The van der Waals surface area contributed by atoms with Gasteiger partial charge in [0.2, 0.25) is 0 Å². The van der Waals surface area contributed by atoms with Crippen molar-refractivity contribution < 1.29 is 14.3 Å². The van der Waals surface area contributed by atoms with Gasteiger partial charge in [-0.15, -0.1) is 0 Å². The molecule has 1 N–H and O–H groups in total. The molecule has 1 aromatic heterocycles. The van der Waals surface area contributed by atoms with Gasteiger partial charge in [-0.3, -0.25) is 19.0 Å². The van der Waals surface area contributed by atoms with Crippen molar-refractivity contribution >= 4 is 28.5 Å². The fourth-order valence-corrected chi connectivity index (χ4v) is 3.57. The van der Waals surface area contributed by atoms with Crippen LogP contribution in [-0.2, 0) is 20.7 Å². The maximum Gasteiger partial charge on any atom is 0.306 e. The number of amides is 1. The monoisotopic (exact) mass is 455 g/mol. The van der Waals surface area contributed by atoms with Crippen molar-refractivity contribution in [1.29, 1.82) is 0 Å². The standard InChI is InChI=1S/C27H25N3O4/c1-18-7-11-20(12-8-18)28-25(31)17-34-26(32)16-15-24-29-23-6-4-3-5-22(23)27(33)30(24)21-13-9-19(2)10-14-21/h3-14H,15-17H2,1-2H3,(H,28,31). The highest BCUT2D eigenvalue weighted by molar-refractivity contribution is 5.92. The van der Waals surface area contributed by atoms with Gasteiger partial charge in [0.25, 0.3) is 11.5 Å². The third-order valence-corrected chi connectivity index (χ3v) is 5.39. The molecule has 4 aromatic rings. The van der Waals surface area contributed by atoms with Gasteiger partial charge in [-0.05, 0) is 50.2 Å². The summed E-state index contributed by atoms with van der Waals surface area (Å²) in [6, 6.07) is 22.0. The Bertz CT molecular complexity index is 1390. The zero-order valence-electron chi connectivity index (χ0n) is 19.1. The van der Waals surface area contributed by atoms with Crippen molar-refractivity contribution in [1.82, 2.24) is 9.55 Å². The van der Waals surface area contributed by atoms with E-state index < -0.39 is 11.9 Å². The van der Waals surface area contributed by atoms with Gasteiger partial charge in [0.15, 0.2) is 6.61 Å². The number of esters is 1. The Hall–Kier alpha value is -4.26. The van der Waals surface area contributed by atoms with Gasteiger partial charge in [0.1, 0.15) is 5.82 Å². The molecule has 0 bridgehead atoms. The molecule has 4 rings (SSSR count). The first kappa shape index (κ1) is 22.9. The van der Waals surface area contributed by atoms with Gasteiger partial charge in [-0.1, -0.05) is 47.5 Å². The molecule has 3 aromatic carbocycles. The van der Waals surface area contributed by atoms with Gasteiger partial charge < -0.3 is 10.1 Å². The first-order valence-electron chi connectivity index (χ1n) is 11.0. The van der Waals surface area contributed by atoms with Crippen molar-refractivity contribution in [2.75, 3.05) is 11.9 Å². The molecule has 0 saturated carbocycles. The lowest BCUT2D eigenvalue weighted by atomic mass is 10.2. The van der Waals surface area contributed by atoms with Crippen LogP contribution in [0.4, 0.5) is 5.69 Å². The quantitative estimate of drug-likeness (QED) is 0.424. The number of benzene rings is 3. The third-order valence-electron chi connectivity index (χ3n) is 5.39. The van der Waals surface area contributed by atoms with E-state index in [2.05, 4.69) is 10.3 Å². The van der Waals surface area contributed by atoms with E-state index in [0.717, 1.165) is 11.1 Å². The molecule has 0 spiro atoms. The molecule has 7 nitrogen and oxygen atoms in total. The van der Waals surface area contributed by atoms with Gasteiger partial charge in [0, 0.05) is 12.1 Å². The van der Waals surface area contributed by atoms with Crippen molar-refractivity contribution in [3.05, 3.63) is 100 Å². The van der Waals surface area contributed by atoms with E-state index in [4.69, 9.17) is 4.74 Å². The molecule has 0 aliphatic rings. The zero-order chi connectivity index (χ0) is 24.1. The number of aromatic nitrogens is 2.